The van der Waals surface area contributed by atoms with Crippen LogP contribution in [0.15, 0.2) is 0 Å². The molecule has 3 heterocycles. The predicted molar refractivity (Wildman–Crippen MR) is 46.1 cm³/mol. The maximum Gasteiger partial charge on any atom is 0.179 e. The lowest BCUT2D eigenvalue weighted by Gasteiger charge is -2.18. The Morgan fingerprint density at radius 1 is 1.38 bits per heavy atom. The topological polar surface area (TPSA) is 46.8 Å². The van der Waals surface area contributed by atoms with Gasteiger partial charge >= 0.3 is 0 Å². The summed E-state index contributed by atoms with van der Waals surface area (Å²) in [6, 6.07) is 0. The molecule has 1 aromatic heterocycles. The van der Waals surface area contributed by atoms with Gasteiger partial charge in [-0.3, -0.25) is 0 Å². The summed E-state index contributed by atoms with van der Waals surface area (Å²) in [5.74, 6) is 2.27. The van der Waals surface area contributed by atoms with E-state index < -0.39 is 0 Å². The summed E-state index contributed by atoms with van der Waals surface area (Å²) in [4.78, 5) is 4.04. The molecule has 5 nitrogen and oxygen atoms in total. The lowest BCUT2D eigenvalue weighted by atomic mass is 9.92. The highest BCUT2D eigenvalue weighted by Crippen LogP contribution is 2.37. The summed E-state index contributed by atoms with van der Waals surface area (Å²) in [5.41, 5.74) is 0. The highest BCUT2D eigenvalue weighted by Gasteiger charge is 2.40. The molecule has 2 saturated heterocycles. The van der Waals surface area contributed by atoms with Crippen molar-refractivity contribution in [1.82, 2.24) is 25.1 Å². The maximum absolute atomic E-state index is 4.28. The summed E-state index contributed by atoms with van der Waals surface area (Å²) >= 11 is 0. The van der Waals surface area contributed by atoms with Crippen molar-refractivity contribution in [3.63, 3.8) is 0 Å². The van der Waals surface area contributed by atoms with Gasteiger partial charge in [-0.1, -0.05) is 0 Å². The summed E-state index contributed by atoms with van der Waals surface area (Å²) in [6.07, 6.45) is 1.31. The van der Waals surface area contributed by atoms with Crippen molar-refractivity contribution >= 4 is 0 Å². The highest BCUT2D eigenvalue weighted by molar-refractivity contribution is 5.05. The molecule has 0 aromatic carbocycles. The van der Waals surface area contributed by atoms with Crippen LogP contribution in [0.25, 0.3) is 0 Å². The second kappa shape index (κ2) is 2.51. The molecule has 70 valence electrons. The minimum atomic E-state index is 0.544. The standard InChI is InChI=1S/C8H13N5/c1-12-10-8(9-11-12)7-5-13-3-2-6(7)4-13/h6-7H,2-5H2,1H3/t6-,7+/m0/s1. The Morgan fingerprint density at radius 3 is 2.85 bits per heavy atom. The van der Waals surface area contributed by atoms with E-state index in [4.69, 9.17) is 0 Å². The van der Waals surface area contributed by atoms with Gasteiger partial charge in [-0.2, -0.15) is 4.80 Å². The fourth-order valence-corrected chi connectivity index (χ4v) is 2.52. The Labute approximate surface area is 76.7 Å². The smallest absolute Gasteiger partial charge is 0.179 e. The molecule has 2 aliphatic rings. The number of rotatable bonds is 1. The number of tetrazole rings is 1. The number of hydrogen-bond acceptors (Lipinski definition) is 4. The maximum atomic E-state index is 4.28. The third kappa shape index (κ3) is 1.07. The lowest BCUT2D eigenvalue weighted by molar-refractivity contribution is 0.340. The van der Waals surface area contributed by atoms with Crippen molar-refractivity contribution in [3.8, 4) is 0 Å². The van der Waals surface area contributed by atoms with E-state index in [2.05, 4.69) is 20.3 Å². The SMILES string of the molecule is Cn1nnc([C@@H]2CN3CC[C@H]2C3)n1. The van der Waals surface area contributed by atoms with Gasteiger partial charge in [0.1, 0.15) is 0 Å². The van der Waals surface area contributed by atoms with Crippen LogP contribution in [0.4, 0.5) is 0 Å². The van der Waals surface area contributed by atoms with Gasteiger partial charge in [0.25, 0.3) is 0 Å². The average Bonchev–Trinajstić information content (AvgIpc) is 2.77. The third-order valence-electron chi connectivity index (χ3n) is 3.19. The van der Waals surface area contributed by atoms with E-state index in [1.165, 1.54) is 19.5 Å². The van der Waals surface area contributed by atoms with Crippen LogP contribution >= 0.6 is 0 Å². The van der Waals surface area contributed by atoms with Gasteiger partial charge in [0.15, 0.2) is 5.82 Å². The van der Waals surface area contributed by atoms with E-state index in [-0.39, 0.29) is 0 Å². The molecule has 5 heteroatoms. The van der Waals surface area contributed by atoms with Crippen LogP contribution in [0.1, 0.15) is 18.2 Å². The number of hydrogen-bond donors (Lipinski definition) is 0. The number of aryl methyl sites for hydroxylation is 1. The van der Waals surface area contributed by atoms with E-state index in [9.17, 15) is 0 Å². The Balaban J connectivity index is 1.87. The number of piperidine rings is 1. The average molecular weight is 179 g/mol. The zero-order valence-corrected chi connectivity index (χ0v) is 7.72. The number of aromatic nitrogens is 4. The van der Waals surface area contributed by atoms with E-state index >= 15 is 0 Å². The van der Waals surface area contributed by atoms with Gasteiger partial charge in [0.05, 0.1) is 7.05 Å². The van der Waals surface area contributed by atoms with Crippen LogP contribution in [0, 0.1) is 5.92 Å². The molecule has 1 aromatic rings. The molecule has 13 heavy (non-hydrogen) atoms. The molecule has 0 spiro atoms. The van der Waals surface area contributed by atoms with Crippen molar-refractivity contribution in [1.29, 1.82) is 0 Å². The zero-order chi connectivity index (χ0) is 8.84. The second-order valence-corrected chi connectivity index (χ2v) is 4.05. The molecule has 2 fully saturated rings. The lowest BCUT2D eigenvalue weighted by Crippen LogP contribution is -2.22. The highest BCUT2D eigenvalue weighted by atomic mass is 15.6. The van der Waals surface area contributed by atoms with Gasteiger partial charge < -0.3 is 4.90 Å². The molecular weight excluding hydrogens is 166 g/mol. The fraction of sp³-hybridized carbons (Fsp3) is 0.875. The minimum Gasteiger partial charge on any atom is -0.302 e. The zero-order valence-electron chi connectivity index (χ0n) is 7.72. The van der Waals surface area contributed by atoms with Gasteiger partial charge in [0, 0.05) is 19.0 Å². The Kier molecular flexibility index (Phi) is 1.44. The summed E-state index contributed by atoms with van der Waals surface area (Å²) in [7, 11) is 1.82. The molecule has 3 atom stereocenters. The van der Waals surface area contributed by atoms with Crippen molar-refractivity contribution < 1.29 is 0 Å². The first-order valence-corrected chi connectivity index (χ1v) is 4.79. The molecule has 0 N–H and O–H groups in total. The van der Waals surface area contributed by atoms with Crippen LogP contribution < -0.4 is 0 Å². The van der Waals surface area contributed by atoms with Crippen LogP contribution in [0.5, 0.6) is 0 Å². The summed E-state index contributed by atoms with van der Waals surface area (Å²) in [6.45, 7) is 3.64. The van der Waals surface area contributed by atoms with Crippen LogP contribution in [0.2, 0.25) is 0 Å². The van der Waals surface area contributed by atoms with E-state index in [0.29, 0.717) is 5.92 Å². The van der Waals surface area contributed by atoms with E-state index in [1.54, 1.807) is 4.80 Å². The summed E-state index contributed by atoms with van der Waals surface area (Å²) < 4.78 is 0. The molecule has 2 bridgehead atoms. The van der Waals surface area contributed by atoms with Crippen molar-refractivity contribution in [2.24, 2.45) is 13.0 Å². The molecule has 2 aliphatic heterocycles. The first kappa shape index (κ1) is 7.44. The molecule has 0 radical (unpaired) electrons. The quantitative estimate of drug-likeness (QED) is 0.590. The van der Waals surface area contributed by atoms with Crippen molar-refractivity contribution in [2.45, 2.75) is 12.3 Å². The minimum absolute atomic E-state index is 0.544. The molecule has 0 aliphatic carbocycles. The Hall–Kier alpha value is -0.970. The van der Waals surface area contributed by atoms with Gasteiger partial charge in [-0.15, -0.1) is 10.2 Å². The number of fused-ring (bicyclic) bond motifs is 2. The van der Waals surface area contributed by atoms with E-state index in [0.717, 1.165) is 18.3 Å². The van der Waals surface area contributed by atoms with E-state index in [1.807, 2.05) is 7.05 Å². The molecule has 0 amide bonds. The molecular formula is C8H13N5. The number of nitrogens with zero attached hydrogens (tertiary/aromatic N) is 5. The fourth-order valence-electron chi connectivity index (χ4n) is 2.52. The molecule has 0 saturated carbocycles. The van der Waals surface area contributed by atoms with Crippen LogP contribution in [-0.2, 0) is 7.05 Å². The van der Waals surface area contributed by atoms with Gasteiger partial charge in [0.2, 0.25) is 0 Å². The van der Waals surface area contributed by atoms with Gasteiger partial charge in [-0.25, -0.2) is 0 Å². The van der Waals surface area contributed by atoms with Crippen LogP contribution in [0.3, 0.4) is 0 Å². The Bertz CT molecular complexity index is 320. The normalized spacial score (nSPS) is 37.2. The third-order valence-corrected chi connectivity index (χ3v) is 3.19. The first-order chi connectivity index (χ1) is 6.33. The van der Waals surface area contributed by atoms with Crippen molar-refractivity contribution in [3.05, 3.63) is 5.82 Å². The monoisotopic (exact) mass is 179 g/mol. The van der Waals surface area contributed by atoms with Crippen LogP contribution in [-0.4, -0.2) is 44.7 Å². The second-order valence-electron chi connectivity index (χ2n) is 4.05. The predicted octanol–water partition coefficient (Wildman–Crippen LogP) is -0.371. The molecule has 3 rings (SSSR count). The summed E-state index contributed by atoms with van der Waals surface area (Å²) in [5, 5.41) is 12.3. The Morgan fingerprint density at radius 2 is 2.31 bits per heavy atom. The van der Waals surface area contributed by atoms with Gasteiger partial charge in [-0.05, 0) is 24.1 Å². The largest absolute Gasteiger partial charge is 0.302 e. The first-order valence-electron chi connectivity index (χ1n) is 4.79. The van der Waals surface area contributed by atoms with Crippen molar-refractivity contribution in [2.75, 3.05) is 19.6 Å². The molecule has 1 unspecified atom stereocenters.